The van der Waals surface area contributed by atoms with Gasteiger partial charge in [-0.1, -0.05) is 0 Å². The molecule has 0 amide bonds. The highest BCUT2D eigenvalue weighted by Crippen LogP contribution is 2.32. The van der Waals surface area contributed by atoms with Crippen LogP contribution in [0.5, 0.6) is 0 Å². The zero-order valence-electron chi connectivity index (χ0n) is 5.43. The summed E-state index contributed by atoms with van der Waals surface area (Å²) in [4.78, 5) is 0. The van der Waals surface area contributed by atoms with Crippen LogP contribution in [0.1, 0.15) is 19.3 Å². The van der Waals surface area contributed by atoms with E-state index in [9.17, 15) is 0 Å². The molecule has 9 heavy (non-hydrogen) atoms. The largest absolute Gasteiger partial charge is 0.373 e. The standard InChI is InChI=1S/C7H11O2/c1-2-6-7(3-1)9-5-4-8-6/h6H,1-5H2. The average Bonchev–Trinajstić information content (AvgIpc) is 2.33. The van der Waals surface area contributed by atoms with Crippen LogP contribution in [0.25, 0.3) is 0 Å². The van der Waals surface area contributed by atoms with E-state index in [0.717, 1.165) is 19.6 Å². The van der Waals surface area contributed by atoms with Crippen molar-refractivity contribution in [2.75, 3.05) is 13.2 Å². The fourth-order valence-corrected chi connectivity index (χ4v) is 1.49. The van der Waals surface area contributed by atoms with Gasteiger partial charge in [0.1, 0.15) is 6.10 Å². The monoisotopic (exact) mass is 127 g/mol. The van der Waals surface area contributed by atoms with E-state index in [1.54, 1.807) is 0 Å². The molecule has 1 saturated heterocycles. The summed E-state index contributed by atoms with van der Waals surface area (Å²) in [5.41, 5.74) is 0. The molecule has 0 aromatic carbocycles. The maximum absolute atomic E-state index is 5.44. The molecule has 2 aliphatic rings. The summed E-state index contributed by atoms with van der Waals surface area (Å²) in [5.74, 6) is 0. The molecule has 0 bridgehead atoms. The van der Waals surface area contributed by atoms with Crippen molar-refractivity contribution in [2.45, 2.75) is 25.4 Å². The lowest BCUT2D eigenvalue weighted by molar-refractivity contribution is -0.0708. The van der Waals surface area contributed by atoms with E-state index in [1.807, 2.05) is 0 Å². The fourth-order valence-electron chi connectivity index (χ4n) is 1.49. The molecular weight excluding hydrogens is 116 g/mol. The third-order valence-corrected chi connectivity index (χ3v) is 1.94. The van der Waals surface area contributed by atoms with E-state index >= 15 is 0 Å². The van der Waals surface area contributed by atoms with Crippen LogP contribution in [0.4, 0.5) is 0 Å². The minimum Gasteiger partial charge on any atom is -0.373 e. The Morgan fingerprint density at radius 1 is 1.33 bits per heavy atom. The lowest BCUT2D eigenvalue weighted by Crippen LogP contribution is -2.27. The first-order valence-electron chi connectivity index (χ1n) is 3.57. The predicted octanol–water partition coefficient (Wildman–Crippen LogP) is 1.12. The van der Waals surface area contributed by atoms with Crippen molar-refractivity contribution in [1.29, 1.82) is 0 Å². The van der Waals surface area contributed by atoms with Gasteiger partial charge in [0, 0.05) is 0 Å². The van der Waals surface area contributed by atoms with Crippen molar-refractivity contribution >= 4 is 0 Å². The van der Waals surface area contributed by atoms with Gasteiger partial charge < -0.3 is 9.47 Å². The van der Waals surface area contributed by atoms with Crippen LogP contribution in [-0.2, 0) is 9.47 Å². The fraction of sp³-hybridized carbons (Fsp3) is 0.857. The molecule has 0 N–H and O–H groups in total. The smallest absolute Gasteiger partial charge is 0.126 e. The summed E-state index contributed by atoms with van der Waals surface area (Å²) >= 11 is 0. The average molecular weight is 127 g/mol. The maximum atomic E-state index is 5.44. The summed E-state index contributed by atoms with van der Waals surface area (Å²) in [6, 6.07) is 0. The first kappa shape index (κ1) is 5.69. The van der Waals surface area contributed by atoms with E-state index in [0.29, 0.717) is 6.10 Å². The molecule has 1 atom stereocenters. The van der Waals surface area contributed by atoms with Gasteiger partial charge >= 0.3 is 0 Å². The van der Waals surface area contributed by atoms with E-state index in [1.165, 1.54) is 18.9 Å². The molecule has 1 saturated carbocycles. The number of fused-ring (bicyclic) bond motifs is 1. The lowest BCUT2D eigenvalue weighted by atomic mass is 10.2. The Kier molecular flexibility index (Phi) is 1.44. The minimum absolute atomic E-state index is 0.360. The number of ether oxygens (including phenoxy) is 2. The van der Waals surface area contributed by atoms with Crippen LogP contribution in [-0.4, -0.2) is 19.3 Å². The third kappa shape index (κ3) is 0.970. The Balaban J connectivity index is 1.97. The molecule has 1 radical (unpaired) electrons. The molecule has 1 heterocycles. The summed E-state index contributed by atoms with van der Waals surface area (Å²) in [6.07, 6.45) is 5.11. The topological polar surface area (TPSA) is 18.5 Å². The summed E-state index contributed by atoms with van der Waals surface area (Å²) in [6.45, 7) is 1.56. The Hall–Kier alpha value is -0.0800. The second-order valence-corrected chi connectivity index (χ2v) is 2.57. The van der Waals surface area contributed by atoms with Crippen LogP contribution < -0.4 is 0 Å². The van der Waals surface area contributed by atoms with Crippen LogP contribution >= 0.6 is 0 Å². The van der Waals surface area contributed by atoms with Crippen molar-refractivity contribution in [3.8, 4) is 0 Å². The SMILES string of the molecule is C1C[C]2OCCOC2C1. The zero-order valence-corrected chi connectivity index (χ0v) is 5.43. The van der Waals surface area contributed by atoms with Crippen LogP contribution in [0.2, 0.25) is 0 Å². The summed E-state index contributed by atoms with van der Waals surface area (Å²) < 4.78 is 10.8. The molecular formula is C7H11O2. The van der Waals surface area contributed by atoms with Gasteiger partial charge in [0.2, 0.25) is 0 Å². The molecule has 1 aliphatic heterocycles. The number of hydrogen-bond acceptors (Lipinski definition) is 2. The van der Waals surface area contributed by atoms with Gasteiger partial charge in [-0.25, -0.2) is 0 Å². The van der Waals surface area contributed by atoms with Gasteiger partial charge in [-0.05, 0) is 19.3 Å². The molecule has 2 fully saturated rings. The lowest BCUT2D eigenvalue weighted by Gasteiger charge is -2.24. The second-order valence-electron chi connectivity index (χ2n) is 2.57. The van der Waals surface area contributed by atoms with Gasteiger partial charge in [-0.3, -0.25) is 0 Å². The van der Waals surface area contributed by atoms with Crippen molar-refractivity contribution < 1.29 is 9.47 Å². The molecule has 51 valence electrons. The predicted molar refractivity (Wildman–Crippen MR) is 32.8 cm³/mol. The molecule has 0 spiro atoms. The van der Waals surface area contributed by atoms with Crippen molar-refractivity contribution in [3.05, 3.63) is 6.10 Å². The van der Waals surface area contributed by atoms with Crippen LogP contribution in [0.3, 0.4) is 0 Å². The minimum atomic E-state index is 0.360. The third-order valence-electron chi connectivity index (χ3n) is 1.94. The van der Waals surface area contributed by atoms with E-state index in [2.05, 4.69) is 0 Å². The van der Waals surface area contributed by atoms with Crippen molar-refractivity contribution in [1.82, 2.24) is 0 Å². The van der Waals surface area contributed by atoms with E-state index < -0.39 is 0 Å². The zero-order chi connectivity index (χ0) is 6.10. The first-order chi connectivity index (χ1) is 4.47. The first-order valence-corrected chi connectivity index (χ1v) is 3.57. The molecule has 2 nitrogen and oxygen atoms in total. The van der Waals surface area contributed by atoms with Gasteiger partial charge in [0.05, 0.1) is 19.3 Å². The van der Waals surface area contributed by atoms with E-state index in [4.69, 9.17) is 9.47 Å². The summed E-state index contributed by atoms with van der Waals surface area (Å²) in [5, 5.41) is 0. The van der Waals surface area contributed by atoms with Crippen LogP contribution in [0.15, 0.2) is 0 Å². The highest BCUT2D eigenvalue weighted by atomic mass is 16.6. The molecule has 0 aromatic heterocycles. The van der Waals surface area contributed by atoms with Gasteiger partial charge in [0.25, 0.3) is 0 Å². The van der Waals surface area contributed by atoms with Gasteiger partial charge in [-0.2, -0.15) is 0 Å². The molecule has 0 aromatic rings. The van der Waals surface area contributed by atoms with Gasteiger partial charge in [0.15, 0.2) is 0 Å². The Labute approximate surface area is 55.1 Å². The number of rotatable bonds is 0. The molecule has 1 aliphatic carbocycles. The van der Waals surface area contributed by atoms with Crippen molar-refractivity contribution in [3.63, 3.8) is 0 Å². The summed E-state index contributed by atoms with van der Waals surface area (Å²) in [7, 11) is 0. The Bertz CT molecular complexity index is 91.1. The van der Waals surface area contributed by atoms with E-state index in [-0.39, 0.29) is 0 Å². The van der Waals surface area contributed by atoms with Crippen molar-refractivity contribution in [2.24, 2.45) is 0 Å². The van der Waals surface area contributed by atoms with Gasteiger partial charge in [-0.15, -0.1) is 0 Å². The second kappa shape index (κ2) is 2.27. The highest BCUT2D eigenvalue weighted by molar-refractivity contribution is 4.96. The molecule has 1 unspecified atom stereocenters. The Morgan fingerprint density at radius 2 is 2.33 bits per heavy atom. The molecule has 2 rings (SSSR count). The highest BCUT2D eigenvalue weighted by Gasteiger charge is 2.32. The maximum Gasteiger partial charge on any atom is 0.126 e. The Morgan fingerprint density at radius 3 is 3.22 bits per heavy atom. The number of hydrogen-bond donors (Lipinski definition) is 0. The quantitative estimate of drug-likeness (QED) is 0.485. The van der Waals surface area contributed by atoms with Crippen LogP contribution in [0, 0.1) is 6.10 Å². The normalized spacial score (nSPS) is 36.7. The molecule has 2 heteroatoms.